The first-order valence-electron chi connectivity index (χ1n) is 5.89. The molecular formula is C14H18N2O4. The molecule has 2 aromatic rings. The lowest BCUT2D eigenvalue weighted by molar-refractivity contribution is 0.202. The van der Waals surface area contributed by atoms with Crippen LogP contribution in [0.2, 0.25) is 0 Å². The third kappa shape index (κ3) is 5.36. The van der Waals surface area contributed by atoms with E-state index in [9.17, 15) is 0 Å². The maximum Gasteiger partial charge on any atom is 0.142 e. The Labute approximate surface area is 116 Å². The summed E-state index contributed by atoms with van der Waals surface area (Å²) in [5.74, 6) is 0.730. The first-order chi connectivity index (χ1) is 9.52. The molecule has 0 atom stereocenters. The molecule has 0 aliphatic heterocycles. The highest BCUT2D eigenvalue weighted by Crippen LogP contribution is 2.23. The monoisotopic (exact) mass is 278 g/mol. The highest BCUT2D eigenvalue weighted by molar-refractivity contribution is 5.60. The van der Waals surface area contributed by atoms with Crippen molar-refractivity contribution in [2.24, 2.45) is 0 Å². The van der Waals surface area contributed by atoms with Crippen molar-refractivity contribution in [3.05, 3.63) is 42.5 Å². The van der Waals surface area contributed by atoms with Crippen LogP contribution in [0.15, 0.2) is 42.5 Å². The number of phenols is 2. The van der Waals surface area contributed by atoms with Crippen LogP contribution >= 0.6 is 0 Å². The lowest BCUT2D eigenvalue weighted by Gasteiger charge is -2.07. The molecule has 0 amide bonds. The summed E-state index contributed by atoms with van der Waals surface area (Å²) in [4.78, 5) is 0. The van der Waals surface area contributed by atoms with Crippen molar-refractivity contribution in [2.45, 2.75) is 0 Å². The average molecular weight is 278 g/mol. The number of nitrogen functional groups attached to an aromatic ring is 2. The van der Waals surface area contributed by atoms with E-state index in [1.54, 1.807) is 24.3 Å². The second-order valence-corrected chi connectivity index (χ2v) is 3.89. The molecule has 7 N–H and O–H groups in total. The van der Waals surface area contributed by atoms with Gasteiger partial charge in [-0.1, -0.05) is 6.07 Å². The quantitative estimate of drug-likeness (QED) is 0.540. The molecule has 108 valence electrons. The Morgan fingerprint density at radius 1 is 0.950 bits per heavy atom. The molecule has 6 nitrogen and oxygen atoms in total. The summed E-state index contributed by atoms with van der Waals surface area (Å²) in [5, 5.41) is 25.8. The van der Waals surface area contributed by atoms with Crippen molar-refractivity contribution < 1.29 is 20.1 Å². The van der Waals surface area contributed by atoms with Gasteiger partial charge in [0.1, 0.15) is 23.9 Å². The van der Waals surface area contributed by atoms with Crippen LogP contribution in [0.4, 0.5) is 11.4 Å². The summed E-state index contributed by atoms with van der Waals surface area (Å²) in [6.07, 6.45) is 0. The van der Waals surface area contributed by atoms with Crippen molar-refractivity contribution in [3.8, 4) is 17.2 Å². The van der Waals surface area contributed by atoms with E-state index >= 15 is 0 Å². The SMILES string of the molecule is Nc1ccc(OCCO)c(N)c1.Oc1cccc(O)c1. The van der Waals surface area contributed by atoms with Crippen molar-refractivity contribution in [1.82, 2.24) is 0 Å². The van der Waals surface area contributed by atoms with Gasteiger partial charge in [0.15, 0.2) is 0 Å². The molecule has 0 aliphatic carbocycles. The lowest BCUT2D eigenvalue weighted by atomic mass is 10.2. The minimum Gasteiger partial charge on any atom is -0.508 e. The van der Waals surface area contributed by atoms with Gasteiger partial charge in [-0.25, -0.2) is 0 Å². The highest BCUT2D eigenvalue weighted by Gasteiger charge is 1.98. The van der Waals surface area contributed by atoms with Crippen LogP contribution in [0.5, 0.6) is 17.2 Å². The van der Waals surface area contributed by atoms with Gasteiger partial charge < -0.3 is 31.5 Å². The van der Waals surface area contributed by atoms with Crippen molar-refractivity contribution >= 4 is 11.4 Å². The number of benzene rings is 2. The highest BCUT2D eigenvalue weighted by atomic mass is 16.5. The second-order valence-electron chi connectivity index (χ2n) is 3.89. The third-order valence-corrected chi connectivity index (χ3v) is 2.21. The summed E-state index contributed by atoms with van der Waals surface area (Å²) in [5.41, 5.74) is 12.1. The smallest absolute Gasteiger partial charge is 0.142 e. The number of nitrogens with two attached hydrogens (primary N) is 2. The van der Waals surface area contributed by atoms with Crippen LogP contribution < -0.4 is 16.2 Å². The van der Waals surface area contributed by atoms with Crippen LogP contribution in [0.25, 0.3) is 0 Å². The molecule has 0 aliphatic rings. The Bertz CT molecular complexity index is 529. The van der Waals surface area contributed by atoms with E-state index < -0.39 is 0 Å². The van der Waals surface area contributed by atoms with Gasteiger partial charge in [-0.15, -0.1) is 0 Å². The Hall–Kier alpha value is -2.60. The maximum absolute atomic E-state index is 8.65. The summed E-state index contributed by atoms with van der Waals surface area (Å²) in [6.45, 7) is 0.220. The predicted molar refractivity (Wildman–Crippen MR) is 77.6 cm³/mol. The molecule has 0 heterocycles. The topological polar surface area (TPSA) is 122 Å². The third-order valence-electron chi connectivity index (χ3n) is 2.21. The fourth-order valence-corrected chi connectivity index (χ4v) is 1.35. The number of anilines is 2. The predicted octanol–water partition coefficient (Wildman–Crippen LogP) is 1.32. The van der Waals surface area contributed by atoms with E-state index in [2.05, 4.69) is 0 Å². The molecule has 0 bridgehead atoms. The van der Waals surface area contributed by atoms with Crippen molar-refractivity contribution in [1.29, 1.82) is 0 Å². The first-order valence-corrected chi connectivity index (χ1v) is 5.89. The standard InChI is InChI=1S/C8H12N2O2.C6H6O2/c9-6-1-2-8(7(10)5-6)12-4-3-11;7-5-2-1-3-6(8)4-5/h1-2,5,11H,3-4,9-10H2;1-4,7-8H. The Morgan fingerprint density at radius 3 is 2.05 bits per heavy atom. The number of phenolic OH excluding ortho intramolecular Hbond substituents is 2. The largest absolute Gasteiger partial charge is 0.508 e. The molecule has 0 saturated heterocycles. The molecule has 2 aromatic carbocycles. The zero-order valence-corrected chi connectivity index (χ0v) is 10.9. The first kappa shape index (κ1) is 15.5. The Morgan fingerprint density at radius 2 is 1.60 bits per heavy atom. The Balaban J connectivity index is 0.000000217. The van der Waals surface area contributed by atoms with Crippen LogP contribution in [0, 0.1) is 0 Å². The van der Waals surface area contributed by atoms with Gasteiger partial charge in [0, 0.05) is 11.8 Å². The molecule has 0 spiro atoms. The van der Waals surface area contributed by atoms with Crippen molar-refractivity contribution in [3.63, 3.8) is 0 Å². The van der Waals surface area contributed by atoms with E-state index in [0.717, 1.165) is 0 Å². The fraction of sp³-hybridized carbons (Fsp3) is 0.143. The van der Waals surface area contributed by atoms with E-state index in [1.807, 2.05) is 0 Å². The van der Waals surface area contributed by atoms with E-state index in [1.165, 1.54) is 18.2 Å². The number of ether oxygens (including phenoxy) is 1. The Kier molecular flexibility index (Phi) is 5.99. The summed E-state index contributed by atoms with van der Waals surface area (Å²) in [7, 11) is 0. The van der Waals surface area contributed by atoms with E-state index in [4.69, 9.17) is 31.5 Å². The van der Waals surface area contributed by atoms with Gasteiger partial charge in [0.2, 0.25) is 0 Å². The molecule has 0 saturated carbocycles. The molecule has 2 rings (SSSR count). The van der Waals surface area contributed by atoms with Gasteiger partial charge in [-0.3, -0.25) is 0 Å². The number of hydrogen-bond acceptors (Lipinski definition) is 6. The lowest BCUT2D eigenvalue weighted by Crippen LogP contribution is -2.04. The van der Waals surface area contributed by atoms with Gasteiger partial charge >= 0.3 is 0 Å². The van der Waals surface area contributed by atoms with Crippen molar-refractivity contribution in [2.75, 3.05) is 24.7 Å². The number of aromatic hydroxyl groups is 2. The van der Waals surface area contributed by atoms with E-state index in [0.29, 0.717) is 17.1 Å². The molecular weight excluding hydrogens is 260 g/mol. The summed E-state index contributed by atoms with van der Waals surface area (Å²) < 4.78 is 5.11. The van der Waals surface area contributed by atoms with Crippen LogP contribution in [0.3, 0.4) is 0 Å². The molecule has 0 unspecified atom stereocenters. The normalized spacial score (nSPS) is 9.45. The summed E-state index contributed by atoms with van der Waals surface area (Å²) in [6, 6.07) is 10.8. The molecule has 0 aromatic heterocycles. The van der Waals surface area contributed by atoms with E-state index in [-0.39, 0.29) is 24.7 Å². The van der Waals surface area contributed by atoms with Gasteiger partial charge in [0.25, 0.3) is 0 Å². The zero-order valence-electron chi connectivity index (χ0n) is 10.9. The van der Waals surface area contributed by atoms with Gasteiger partial charge in [0.05, 0.1) is 12.3 Å². The number of aliphatic hydroxyl groups excluding tert-OH is 1. The molecule has 6 heteroatoms. The number of rotatable bonds is 3. The van der Waals surface area contributed by atoms with Crippen LogP contribution in [-0.2, 0) is 0 Å². The minimum atomic E-state index is -0.0240. The zero-order chi connectivity index (χ0) is 15.0. The van der Waals surface area contributed by atoms with Crippen LogP contribution in [0.1, 0.15) is 0 Å². The number of hydrogen-bond donors (Lipinski definition) is 5. The summed E-state index contributed by atoms with van der Waals surface area (Å²) >= 11 is 0. The maximum atomic E-state index is 8.65. The van der Waals surface area contributed by atoms with Crippen LogP contribution in [-0.4, -0.2) is 28.5 Å². The second kappa shape index (κ2) is 7.75. The minimum absolute atomic E-state index is 0.0240. The van der Waals surface area contributed by atoms with Gasteiger partial charge in [-0.2, -0.15) is 0 Å². The molecule has 0 fully saturated rings. The molecule has 0 radical (unpaired) electrons. The molecule has 20 heavy (non-hydrogen) atoms. The van der Waals surface area contributed by atoms with Gasteiger partial charge in [-0.05, 0) is 30.3 Å². The fourth-order valence-electron chi connectivity index (χ4n) is 1.35. The average Bonchev–Trinajstić information content (AvgIpc) is 2.38. The number of aliphatic hydroxyl groups is 1.